The van der Waals surface area contributed by atoms with Crippen molar-refractivity contribution in [1.82, 2.24) is 14.8 Å². The lowest BCUT2D eigenvalue weighted by Crippen LogP contribution is -2.10. The van der Waals surface area contributed by atoms with Gasteiger partial charge in [0.25, 0.3) is 0 Å². The highest BCUT2D eigenvalue weighted by atomic mass is 79.9. The summed E-state index contributed by atoms with van der Waals surface area (Å²) in [6.45, 7) is 2.87. The molecule has 0 amide bonds. The average molecular weight is 541 g/mol. The van der Waals surface area contributed by atoms with Crippen LogP contribution in [0.15, 0.2) is 56.9 Å². The number of allylic oxidation sites excluding steroid dienone is 1. The van der Waals surface area contributed by atoms with Gasteiger partial charge in [-0.05, 0) is 82.2 Å². The van der Waals surface area contributed by atoms with E-state index in [0.717, 1.165) is 29.3 Å². The Kier molecular flexibility index (Phi) is 7.70. The maximum Gasteiger partial charge on any atom is 0.238 e. The second kappa shape index (κ2) is 10.9. The van der Waals surface area contributed by atoms with Crippen molar-refractivity contribution < 1.29 is 9.13 Å². The van der Waals surface area contributed by atoms with E-state index in [1.165, 1.54) is 31.2 Å². The Bertz CT molecular complexity index is 1300. The number of nitrogens with zero attached hydrogens (tertiary/aromatic N) is 5. The summed E-state index contributed by atoms with van der Waals surface area (Å²) < 4.78 is 22.6. The SMILES string of the molecule is CN=CC(Cc1cn(CC2CC2)nc1C)=C(N)c1ccc(F)cc1COc1cc(Br)cnc1N=O. The summed E-state index contributed by atoms with van der Waals surface area (Å²) in [5.74, 6) is 0.383. The number of rotatable bonds is 10. The van der Waals surface area contributed by atoms with Crippen molar-refractivity contribution in [2.24, 2.45) is 21.8 Å². The van der Waals surface area contributed by atoms with Gasteiger partial charge in [0.1, 0.15) is 12.4 Å². The maximum absolute atomic E-state index is 14.2. The number of ether oxygens (including phenoxy) is 1. The average Bonchev–Trinajstić information content (AvgIpc) is 3.58. The molecule has 1 aromatic carbocycles. The number of halogens is 2. The van der Waals surface area contributed by atoms with Gasteiger partial charge in [-0.1, -0.05) is 0 Å². The summed E-state index contributed by atoms with van der Waals surface area (Å²) in [6, 6.07) is 5.92. The van der Waals surface area contributed by atoms with Crippen LogP contribution in [0.1, 0.15) is 35.2 Å². The Morgan fingerprint density at radius 2 is 2.14 bits per heavy atom. The van der Waals surface area contributed by atoms with Crippen LogP contribution in [0, 0.1) is 23.6 Å². The van der Waals surface area contributed by atoms with Crippen LogP contribution in [0.3, 0.4) is 0 Å². The van der Waals surface area contributed by atoms with Crippen molar-refractivity contribution in [2.75, 3.05) is 7.05 Å². The van der Waals surface area contributed by atoms with Crippen LogP contribution in [0.2, 0.25) is 0 Å². The van der Waals surface area contributed by atoms with Gasteiger partial charge in [0.05, 0.1) is 5.69 Å². The van der Waals surface area contributed by atoms with E-state index in [1.54, 1.807) is 25.4 Å². The molecule has 0 spiro atoms. The number of hydrogen-bond acceptors (Lipinski definition) is 7. The summed E-state index contributed by atoms with van der Waals surface area (Å²) >= 11 is 3.30. The van der Waals surface area contributed by atoms with Crippen LogP contribution in [0.25, 0.3) is 5.70 Å². The van der Waals surface area contributed by atoms with Crippen molar-refractivity contribution in [1.29, 1.82) is 0 Å². The van der Waals surface area contributed by atoms with E-state index in [2.05, 4.69) is 42.4 Å². The molecule has 0 bridgehead atoms. The number of aryl methyl sites for hydroxylation is 1. The minimum Gasteiger partial charge on any atom is -0.485 e. The lowest BCUT2D eigenvalue weighted by Gasteiger charge is -2.15. The quantitative estimate of drug-likeness (QED) is 0.270. The van der Waals surface area contributed by atoms with Gasteiger partial charge in [0.15, 0.2) is 5.75 Å². The fourth-order valence-corrected chi connectivity index (χ4v) is 4.13. The van der Waals surface area contributed by atoms with Crippen molar-refractivity contribution in [2.45, 2.75) is 39.3 Å². The smallest absolute Gasteiger partial charge is 0.238 e. The topological polar surface area (TPSA) is 108 Å². The first-order chi connectivity index (χ1) is 16.9. The Labute approximate surface area is 211 Å². The molecule has 182 valence electrons. The van der Waals surface area contributed by atoms with E-state index < -0.39 is 5.82 Å². The summed E-state index contributed by atoms with van der Waals surface area (Å²) in [7, 11) is 1.68. The van der Waals surface area contributed by atoms with Gasteiger partial charge in [-0.25, -0.2) is 9.37 Å². The standard InChI is InChI=1S/C25H26BrFN6O2/c1-15-18(13-33(31-15)12-16-3-4-16)7-17(10-29-2)24(28)22-6-5-21(27)8-19(22)14-35-23-9-20(26)11-30-25(23)32-34/h5-6,8-11,13,16H,3-4,7,12,14,28H2,1-2H3. The fraction of sp³-hybridized carbons (Fsp3) is 0.320. The van der Waals surface area contributed by atoms with Gasteiger partial charge in [0, 0.05) is 59.9 Å². The highest BCUT2D eigenvalue weighted by Gasteiger charge is 2.23. The van der Waals surface area contributed by atoms with Crippen LogP contribution in [0.5, 0.6) is 5.75 Å². The number of nitrogens with two attached hydrogens (primary N) is 1. The molecule has 35 heavy (non-hydrogen) atoms. The predicted molar refractivity (Wildman–Crippen MR) is 137 cm³/mol. The molecule has 4 rings (SSSR count). The second-order valence-electron chi connectivity index (χ2n) is 8.56. The lowest BCUT2D eigenvalue weighted by molar-refractivity contribution is 0.305. The third kappa shape index (κ3) is 6.19. The molecule has 2 N–H and O–H groups in total. The molecular formula is C25H26BrFN6O2. The van der Waals surface area contributed by atoms with Crippen LogP contribution in [-0.2, 0) is 19.6 Å². The summed E-state index contributed by atoms with van der Waals surface area (Å²) in [5, 5.41) is 7.54. The molecular weight excluding hydrogens is 515 g/mol. The van der Waals surface area contributed by atoms with Gasteiger partial charge in [0.2, 0.25) is 5.82 Å². The number of aromatic nitrogens is 3. The highest BCUT2D eigenvalue weighted by Crippen LogP contribution is 2.31. The van der Waals surface area contributed by atoms with Gasteiger partial charge >= 0.3 is 0 Å². The summed E-state index contributed by atoms with van der Waals surface area (Å²) in [4.78, 5) is 19.2. The van der Waals surface area contributed by atoms with Gasteiger partial charge in [-0.3, -0.25) is 9.67 Å². The Hall–Kier alpha value is -3.40. The number of hydrogen-bond donors (Lipinski definition) is 1. The minimum absolute atomic E-state index is 0.0383. The van der Waals surface area contributed by atoms with Gasteiger partial charge in [-0.15, -0.1) is 4.91 Å². The van der Waals surface area contributed by atoms with E-state index >= 15 is 0 Å². The first-order valence-corrected chi connectivity index (χ1v) is 12.0. The highest BCUT2D eigenvalue weighted by molar-refractivity contribution is 9.10. The molecule has 10 heteroatoms. The van der Waals surface area contributed by atoms with Crippen LogP contribution < -0.4 is 10.5 Å². The number of pyridine rings is 1. The molecule has 3 aromatic rings. The largest absolute Gasteiger partial charge is 0.485 e. The molecule has 1 saturated carbocycles. The monoisotopic (exact) mass is 540 g/mol. The summed E-state index contributed by atoms with van der Waals surface area (Å²) in [5.41, 5.74) is 11.0. The Morgan fingerprint density at radius 3 is 2.86 bits per heavy atom. The lowest BCUT2D eigenvalue weighted by atomic mass is 9.97. The zero-order valence-corrected chi connectivity index (χ0v) is 21.1. The zero-order valence-electron chi connectivity index (χ0n) is 19.5. The van der Waals surface area contributed by atoms with Crippen LogP contribution in [-0.4, -0.2) is 28.0 Å². The first kappa shape index (κ1) is 24.7. The molecule has 0 unspecified atom stereocenters. The molecule has 1 fully saturated rings. The van der Waals surface area contributed by atoms with Gasteiger partial charge < -0.3 is 10.5 Å². The predicted octanol–water partition coefficient (Wildman–Crippen LogP) is 5.49. The third-order valence-corrected chi connectivity index (χ3v) is 6.26. The molecule has 2 aromatic heterocycles. The number of nitroso groups, excluding NO2 is 1. The van der Waals surface area contributed by atoms with Crippen molar-refractivity contribution in [3.8, 4) is 5.75 Å². The van der Waals surface area contributed by atoms with E-state index in [1.807, 2.05) is 11.6 Å². The molecule has 0 saturated heterocycles. The van der Waals surface area contributed by atoms with Crippen molar-refractivity contribution in [3.63, 3.8) is 0 Å². The molecule has 2 heterocycles. The van der Waals surface area contributed by atoms with Crippen molar-refractivity contribution >= 4 is 33.7 Å². The van der Waals surface area contributed by atoms with Crippen LogP contribution >= 0.6 is 15.9 Å². The number of benzene rings is 1. The van der Waals surface area contributed by atoms with Crippen molar-refractivity contribution in [3.05, 3.63) is 79.8 Å². The minimum atomic E-state index is -0.427. The molecule has 0 atom stereocenters. The first-order valence-electron chi connectivity index (χ1n) is 11.2. The maximum atomic E-state index is 14.2. The van der Waals surface area contributed by atoms with Crippen LogP contribution in [0.4, 0.5) is 10.2 Å². The van der Waals surface area contributed by atoms with Gasteiger partial charge in [-0.2, -0.15) is 5.10 Å². The molecule has 8 nitrogen and oxygen atoms in total. The fourth-order valence-electron chi connectivity index (χ4n) is 3.82. The number of aliphatic imine (C=N–C) groups is 1. The summed E-state index contributed by atoms with van der Waals surface area (Å²) in [6.07, 6.45) is 8.27. The molecule has 1 aliphatic rings. The van der Waals surface area contributed by atoms with E-state index in [0.29, 0.717) is 27.7 Å². The van der Waals surface area contributed by atoms with E-state index in [-0.39, 0.29) is 18.2 Å². The van der Waals surface area contributed by atoms with E-state index in [4.69, 9.17) is 10.5 Å². The molecule has 0 radical (unpaired) electrons. The van der Waals surface area contributed by atoms with E-state index in [9.17, 15) is 9.30 Å². The Morgan fingerprint density at radius 1 is 1.34 bits per heavy atom. The Balaban J connectivity index is 1.64. The normalized spacial score (nSPS) is 14.3. The third-order valence-electron chi connectivity index (χ3n) is 5.83. The zero-order chi connectivity index (χ0) is 24.9. The second-order valence-corrected chi connectivity index (χ2v) is 9.48. The molecule has 1 aliphatic carbocycles. The molecule has 0 aliphatic heterocycles.